The summed E-state index contributed by atoms with van der Waals surface area (Å²) in [7, 11) is 1.43. The highest BCUT2D eigenvalue weighted by Gasteiger charge is 2.34. The van der Waals surface area contributed by atoms with E-state index < -0.39 is 23.2 Å². The molecule has 2 N–H and O–H groups in total. The Balaban J connectivity index is 2.98. The lowest BCUT2D eigenvalue weighted by atomic mass is 10.0. The fourth-order valence-corrected chi connectivity index (χ4v) is 1.75. The average Bonchev–Trinajstić information content (AvgIpc) is 2.26. The third-order valence-corrected chi connectivity index (χ3v) is 2.63. The van der Waals surface area contributed by atoms with Crippen LogP contribution in [0.2, 0.25) is 0 Å². The number of carbonyl (C=O) groups excluding carboxylic acids is 1. The van der Waals surface area contributed by atoms with E-state index in [9.17, 15) is 18.0 Å². The van der Waals surface area contributed by atoms with Crippen LogP contribution in [-0.4, -0.2) is 23.4 Å². The maximum absolute atomic E-state index is 12.8. The molecule has 1 aromatic carbocycles. The van der Waals surface area contributed by atoms with Crippen LogP contribution in [0.1, 0.15) is 25.0 Å². The van der Waals surface area contributed by atoms with Gasteiger partial charge >= 0.3 is 6.18 Å². The van der Waals surface area contributed by atoms with Crippen molar-refractivity contribution in [3.05, 3.63) is 35.4 Å². The first-order chi connectivity index (χ1) is 8.53. The second kappa shape index (κ2) is 5.21. The molecule has 1 rings (SSSR count). The Morgan fingerprint density at radius 1 is 1.26 bits per heavy atom. The molecule has 0 saturated carbocycles. The van der Waals surface area contributed by atoms with Gasteiger partial charge in [-0.1, -0.05) is 18.2 Å². The number of benzene rings is 1. The lowest BCUT2D eigenvalue weighted by Gasteiger charge is -2.26. The van der Waals surface area contributed by atoms with E-state index in [1.54, 1.807) is 0 Å². The molecule has 106 valence electrons. The molecule has 0 heterocycles. The zero-order valence-corrected chi connectivity index (χ0v) is 11.1. The Morgan fingerprint density at radius 3 is 2.26 bits per heavy atom. The summed E-state index contributed by atoms with van der Waals surface area (Å²) in [5.74, 6) is -0.413. The van der Waals surface area contributed by atoms with E-state index in [2.05, 4.69) is 0 Å². The predicted octanol–water partition coefficient (Wildman–Crippen LogP) is 2.40. The van der Waals surface area contributed by atoms with E-state index in [0.717, 1.165) is 6.07 Å². The van der Waals surface area contributed by atoms with Crippen molar-refractivity contribution in [2.75, 3.05) is 7.05 Å². The first-order valence-electron chi connectivity index (χ1n) is 5.73. The van der Waals surface area contributed by atoms with Crippen molar-refractivity contribution in [1.29, 1.82) is 0 Å². The number of alkyl halides is 3. The van der Waals surface area contributed by atoms with Crippen molar-refractivity contribution < 1.29 is 18.0 Å². The number of likely N-dealkylation sites (N-methyl/N-ethyl adjacent to an activating group) is 1. The molecular formula is C13H17F3N2O. The second-order valence-corrected chi connectivity index (χ2v) is 5.04. The number of hydrogen-bond donors (Lipinski definition) is 1. The molecule has 0 bridgehead atoms. The summed E-state index contributed by atoms with van der Waals surface area (Å²) < 4.78 is 38.4. The van der Waals surface area contributed by atoms with Crippen molar-refractivity contribution >= 4 is 5.91 Å². The number of rotatable bonds is 3. The number of nitrogens with two attached hydrogens (primary N) is 1. The van der Waals surface area contributed by atoms with E-state index in [1.807, 2.05) is 0 Å². The summed E-state index contributed by atoms with van der Waals surface area (Å²) in [6.07, 6.45) is -4.43. The molecule has 19 heavy (non-hydrogen) atoms. The highest BCUT2D eigenvalue weighted by molar-refractivity contribution is 5.84. The Morgan fingerprint density at radius 2 is 1.79 bits per heavy atom. The van der Waals surface area contributed by atoms with Crippen LogP contribution in [0.5, 0.6) is 0 Å². The Labute approximate surface area is 110 Å². The molecule has 0 aliphatic rings. The number of hydrogen-bond acceptors (Lipinski definition) is 2. The van der Waals surface area contributed by atoms with Gasteiger partial charge in [-0.05, 0) is 25.5 Å². The Kier molecular flexibility index (Phi) is 4.25. The van der Waals surface area contributed by atoms with Gasteiger partial charge < -0.3 is 10.6 Å². The topological polar surface area (TPSA) is 46.3 Å². The molecule has 1 amide bonds. The Bertz CT molecular complexity index is 464. The van der Waals surface area contributed by atoms with Crippen LogP contribution in [0.4, 0.5) is 13.2 Å². The van der Waals surface area contributed by atoms with E-state index >= 15 is 0 Å². The standard InChI is InChI=1S/C13H17F3N2O/c1-12(2,17)11(19)18(3)8-9-6-4-5-7-10(9)13(14,15)16/h4-7H,8,17H2,1-3H3. The molecule has 3 nitrogen and oxygen atoms in total. The van der Waals surface area contributed by atoms with Crippen molar-refractivity contribution in [2.24, 2.45) is 5.73 Å². The molecule has 0 aliphatic heterocycles. The molecule has 0 atom stereocenters. The van der Waals surface area contributed by atoms with Gasteiger partial charge in [0.05, 0.1) is 11.1 Å². The lowest BCUT2D eigenvalue weighted by molar-refractivity contribution is -0.140. The minimum atomic E-state index is -4.43. The van der Waals surface area contributed by atoms with Crippen LogP contribution in [0.25, 0.3) is 0 Å². The monoisotopic (exact) mass is 274 g/mol. The summed E-state index contributed by atoms with van der Waals surface area (Å²) in [6, 6.07) is 5.19. The third kappa shape index (κ3) is 3.96. The quantitative estimate of drug-likeness (QED) is 0.920. The minimum absolute atomic E-state index is 0.0510. The largest absolute Gasteiger partial charge is 0.416 e. The fourth-order valence-electron chi connectivity index (χ4n) is 1.75. The normalized spacial score (nSPS) is 12.4. The van der Waals surface area contributed by atoms with Gasteiger partial charge in [0.15, 0.2) is 0 Å². The van der Waals surface area contributed by atoms with E-state index in [1.165, 1.54) is 44.0 Å². The zero-order valence-electron chi connectivity index (χ0n) is 11.1. The van der Waals surface area contributed by atoms with Crippen LogP contribution in [0, 0.1) is 0 Å². The molecule has 0 saturated heterocycles. The van der Waals surface area contributed by atoms with E-state index in [4.69, 9.17) is 5.73 Å². The number of nitrogens with zero attached hydrogens (tertiary/aromatic N) is 1. The maximum atomic E-state index is 12.8. The van der Waals surface area contributed by atoms with Gasteiger partial charge in [-0.3, -0.25) is 4.79 Å². The molecule has 0 unspecified atom stereocenters. The van der Waals surface area contributed by atoms with Crippen LogP contribution in [0.3, 0.4) is 0 Å². The zero-order chi connectivity index (χ0) is 14.8. The van der Waals surface area contributed by atoms with Crippen molar-refractivity contribution in [3.8, 4) is 0 Å². The molecule has 6 heteroatoms. The highest BCUT2D eigenvalue weighted by Crippen LogP contribution is 2.32. The summed E-state index contributed by atoms with van der Waals surface area (Å²) in [6.45, 7) is 2.90. The first kappa shape index (κ1) is 15.5. The molecule has 1 aromatic rings. The van der Waals surface area contributed by atoms with Crippen LogP contribution < -0.4 is 5.73 Å². The fraction of sp³-hybridized carbons (Fsp3) is 0.462. The SMILES string of the molecule is CN(Cc1ccccc1C(F)(F)F)C(=O)C(C)(C)N. The van der Waals surface area contributed by atoms with Gasteiger partial charge in [-0.15, -0.1) is 0 Å². The van der Waals surface area contributed by atoms with Gasteiger partial charge in [0.1, 0.15) is 0 Å². The van der Waals surface area contributed by atoms with Gasteiger partial charge in [-0.2, -0.15) is 13.2 Å². The van der Waals surface area contributed by atoms with Crippen LogP contribution in [-0.2, 0) is 17.5 Å². The summed E-state index contributed by atoms with van der Waals surface area (Å²) in [5, 5.41) is 0. The summed E-state index contributed by atoms with van der Waals surface area (Å²) in [5.41, 5.74) is 3.85. The molecule has 0 spiro atoms. The van der Waals surface area contributed by atoms with E-state index in [0.29, 0.717) is 0 Å². The summed E-state index contributed by atoms with van der Waals surface area (Å²) >= 11 is 0. The van der Waals surface area contributed by atoms with E-state index in [-0.39, 0.29) is 12.1 Å². The van der Waals surface area contributed by atoms with Gasteiger partial charge in [0.25, 0.3) is 0 Å². The van der Waals surface area contributed by atoms with Crippen molar-refractivity contribution in [2.45, 2.75) is 32.1 Å². The van der Waals surface area contributed by atoms with Gasteiger partial charge in [-0.25, -0.2) is 0 Å². The molecule has 0 radical (unpaired) electrons. The van der Waals surface area contributed by atoms with Crippen LogP contribution in [0.15, 0.2) is 24.3 Å². The minimum Gasteiger partial charge on any atom is -0.340 e. The van der Waals surface area contributed by atoms with Crippen LogP contribution >= 0.6 is 0 Å². The van der Waals surface area contributed by atoms with Gasteiger partial charge in [0, 0.05) is 13.6 Å². The van der Waals surface area contributed by atoms with Crippen molar-refractivity contribution in [1.82, 2.24) is 4.90 Å². The Hall–Kier alpha value is -1.56. The molecule has 0 aromatic heterocycles. The second-order valence-electron chi connectivity index (χ2n) is 5.04. The number of carbonyl (C=O) groups is 1. The maximum Gasteiger partial charge on any atom is 0.416 e. The predicted molar refractivity (Wildman–Crippen MR) is 66.2 cm³/mol. The highest BCUT2D eigenvalue weighted by atomic mass is 19.4. The van der Waals surface area contributed by atoms with Gasteiger partial charge in [0.2, 0.25) is 5.91 Å². The lowest BCUT2D eigenvalue weighted by Crippen LogP contribution is -2.49. The number of halogens is 3. The number of amides is 1. The first-order valence-corrected chi connectivity index (χ1v) is 5.73. The molecular weight excluding hydrogens is 257 g/mol. The smallest absolute Gasteiger partial charge is 0.340 e. The average molecular weight is 274 g/mol. The van der Waals surface area contributed by atoms with Crippen molar-refractivity contribution in [3.63, 3.8) is 0 Å². The molecule has 0 fully saturated rings. The molecule has 0 aliphatic carbocycles. The summed E-state index contributed by atoms with van der Waals surface area (Å²) in [4.78, 5) is 13.0. The third-order valence-electron chi connectivity index (χ3n) is 2.63.